The Labute approximate surface area is 151 Å². The Kier molecular flexibility index (Phi) is 8.27. The van der Waals surface area contributed by atoms with Gasteiger partial charge in [-0.15, -0.1) is 0 Å². The van der Waals surface area contributed by atoms with E-state index in [1.165, 1.54) is 12.1 Å². The van der Waals surface area contributed by atoms with Crippen LogP contribution < -0.4 is 5.73 Å². The zero-order valence-corrected chi connectivity index (χ0v) is 17.0. The average molecular weight is 374 g/mol. The van der Waals surface area contributed by atoms with Crippen LogP contribution in [0.2, 0.25) is 0 Å². The number of hydrogen-bond donors (Lipinski definition) is 2. The molecule has 0 aromatic heterocycles. The lowest BCUT2D eigenvalue weighted by Crippen LogP contribution is -2.38. The van der Waals surface area contributed by atoms with Crippen LogP contribution in [0.25, 0.3) is 0 Å². The molecule has 0 heterocycles. The SMILES string of the molecule is CC(C)(C)OC(=O)C[C@H](N)C(C)(C)C.Cc1ccc(S(=O)(=O)O)cc1. The van der Waals surface area contributed by atoms with Crippen molar-refractivity contribution in [3.63, 3.8) is 0 Å². The molecule has 0 fully saturated rings. The molecule has 6 nitrogen and oxygen atoms in total. The molecule has 0 saturated carbocycles. The van der Waals surface area contributed by atoms with E-state index in [1.54, 1.807) is 12.1 Å². The van der Waals surface area contributed by atoms with E-state index in [0.717, 1.165) is 5.56 Å². The van der Waals surface area contributed by atoms with Gasteiger partial charge in [-0.05, 0) is 45.2 Å². The molecule has 0 unspecified atom stereocenters. The normalized spacial score (nSPS) is 13.5. The number of nitrogens with two attached hydrogens (primary N) is 1. The molecule has 0 amide bonds. The monoisotopic (exact) mass is 373 g/mol. The van der Waals surface area contributed by atoms with Crippen LogP contribution in [0.4, 0.5) is 0 Å². The van der Waals surface area contributed by atoms with Crippen LogP contribution in [0.5, 0.6) is 0 Å². The Morgan fingerprint density at radius 1 is 1.12 bits per heavy atom. The topological polar surface area (TPSA) is 107 Å². The van der Waals surface area contributed by atoms with Gasteiger partial charge in [0.25, 0.3) is 10.1 Å². The van der Waals surface area contributed by atoms with Crippen molar-refractivity contribution in [2.45, 2.75) is 71.4 Å². The van der Waals surface area contributed by atoms with E-state index in [4.69, 9.17) is 15.0 Å². The molecule has 1 rings (SSSR count). The zero-order valence-electron chi connectivity index (χ0n) is 16.2. The maximum atomic E-state index is 11.4. The predicted molar refractivity (Wildman–Crippen MR) is 98.9 cm³/mol. The summed E-state index contributed by atoms with van der Waals surface area (Å²) in [4.78, 5) is 11.3. The fourth-order valence-corrected chi connectivity index (χ4v) is 2.06. The molecular weight excluding hydrogens is 342 g/mol. The van der Waals surface area contributed by atoms with Crippen molar-refractivity contribution in [3.8, 4) is 0 Å². The molecule has 1 aromatic carbocycles. The van der Waals surface area contributed by atoms with Gasteiger partial charge in [0.05, 0.1) is 11.3 Å². The summed E-state index contributed by atoms with van der Waals surface area (Å²) in [7, 11) is -4.02. The lowest BCUT2D eigenvalue weighted by atomic mass is 9.85. The zero-order chi connectivity index (χ0) is 20.1. The molecule has 0 spiro atoms. The highest BCUT2D eigenvalue weighted by Crippen LogP contribution is 2.21. The van der Waals surface area contributed by atoms with Crippen molar-refractivity contribution in [3.05, 3.63) is 29.8 Å². The van der Waals surface area contributed by atoms with Crippen LogP contribution in [0.15, 0.2) is 29.2 Å². The molecule has 0 aliphatic rings. The summed E-state index contributed by atoms with van der Waals surface area (Å²) < 4.78 is 34.7. The van der Waals surface area contributed by atoms with Gasteiger partial charge in [-0.25, -0.2) is 0 Å². The molecular formula is C18H31NO5S. The number of esters is 1. The number of benzene rings is 1. The Morgan fingerprint density at radius 2 is 1.56 bits per heavy atom. The van der Waals surface area contributed by atoms with Gasteiger partial charge < -0.3 is 10.5 Å². The first-order valence-electron chi connectivity index (χ1n) is 8.04. The number of rotatable bonds is 3. The highest BCUT2D eigenvalue weighted by Gasteiger charge is 2.25. The van der Waals surface area contributed by atoms with E-state index in [2.05, 4.69) is 0 Å². The van der Waals surface area contributed by atoms with Crippen LogP contribution in [-0.4, -0.2) is 30.6 Å². The van der Waals surface area contributed by atoms with Crippen LogP contribution >= 0.6 is 0 Å². The Balaban J connectivity index is 0.000000472. The summed E-state index contributed by atoms with van der Waals surface area (Å²) in [5.74, 6) is -0.222. The van der Waals surface area contributed by atoms with Crippen LogP contribution in [-0.2, 0) is 19.6 Å². The minimum Gasteiger partial charge on any atom is -0.460 e. The second-order valence-electron chi connectivity index (χ2n) is 8.05. The molecule has 3 N–H and O–H groups in total. The van der Waals surface area contributed by atoms with Crippen molar-refractivity contribution >= 4 is 16.1 Å². The number of carbonyl (C=O) groups is 1. The fraction of sp³-hybridized carbons (Fsp3) is 0.611. The number of hydrogen-bond acceptors (Lipinski definition) is 5. The van der Waals surface area contributed by atoms with Crippen molar-refractivity contribution in [2.24, 2.45) is 11.1 Å². The van der Waals surface area contributed by atoms with Gasteiger partial charge in [0, 0.05) is 6.04 Å². The van der Waals surface area contributed by atoms with Crippen molar-refractivity contribution < 1.29 is 22.5 Å². The van der Waals surface area contributed by atoms with Gasteiger partial charge in [0.1, 0.15) is 5.60 Å². The summed E-state index contributed by atoms with van der Waals surface area (Å²) in [6, 6.07) is 5.83. The summed E-state index contributed by atoms with van der Waals surface area (Å²) >= 11 is 0. The molecule has 1 aromatic rings. The maximum absolute atomic E-state index is 11.4. The van der Waals surface area contributed by atoms with E-state index >= 15 is 0 Å². The quantitative estimate of drug-likeness (QED) is 0.622. The van der Waals surface area contributed by atoms with Crippen molar-refractivity contribution in [2.75, 3.05) is 0 Å². The van der Waals surface area contributed by atoms with E-state index in [1.807, 2.05) is 48.5 Å². The van der Waals surface area contributed by atoms with Gasteiger partial charge in [0.2, 0.25) is 0 Å². The molecule has 0 aliphatic carbocycles. The van der Waals surface area contributed by atoms with Crippen LogP contribution in [0.1, 0.15) is 53.5 Å². The average Bonchev–Trinajstić information content (AvgIpc) is 2.35. The highest BCUT2D eigenvalue weighted by molar-refractivity contribution is 7.85. The second-order valence-corrected chi connectivity index (χ2v) is 9.47. The summed E-state index contributed by atoms with van der Waals surface area (Å²) in [6.45, 7) is 13.5. The highest BCUT2D eigenvalue weighted by atomic mass is 32.2. The predicted octanol–water partition coefficient (Wildman–Crippen LogP) is 3.33. The van der Waals surface area contributed by atoms with Crippen LogP contribution in [0, 0.1) is 12.3 Å². The standard InChI is InChI=1S/C11H23NO2.C7H8O3S/c1-10(2,3)8(12)7-9(13)14-11(4,5)6;1-6-2-4-7(5-3-6)11(8,9)10/h8H,7,12H2,1-6H3;2-5H,1H3,(H,8,9,10)/t8-;/m0./s1. The molecule has 25 heavy (non-hydrogen) atoms. The third-order valence-corrected chi connectivity index (χ3v) is 4.11. The van der Waals surface area contributed by atoms with E-state index in [9.17, 15) is 13.2 Å². The molecule has 0 radical (unpaired) electrons. The molecule has 1 atom stereocenters. The number of carbonyl (C=O) groups excluding carboxylic acids is 1. The number of aryl methyl sites for hydroxylation is 1. The largest absolute Gasteiger partial charge is 0.460 e. The Bertz CT molecular complexity index is 652. The molecule has 0 bridgehead atoms. The fourth-order valence-electron chi connectivity index (χ4n) is 1.58. The van der Waals surface area contributed by atoms with E-state index < -0.39 is 15.7 Å². The first kappa shape index (κ1) is 23.6. The van der Waals surface area contributed by atoms with Crippen LogP contribution in [0.3, 0.4) is 0 Å². The lowest BCUT2D eigenvalue weighted by Gasteiger charge is -2.27. The van der Waals surface area contributed by atoms with E-state index in [0.29, 0.717) is 0 Å². The van der Waals surface area contributed by atoms with Gasteiger partial charge in [-0.2, -0.15) is 8.42 Å². The second kappa shape index (κ2) is 8.78. The summed E-state index contributed by atoms with van der Waals surface area (Å²) in [6.07, 6.45) is 0.279. The smallest absolute Gasteiger partial charge is 0.307 e. The third-order valence-electron chi connectivity index (χ3n) is 3.24. The maximum Gasteiger partial charge on any atom is 0.307 e. The Morgan fingerprint density at radius 3 is 1.88 bits per heavy atom. The lowest BCUT2D eigenvalue weighted by molar-refractivity contribution is -0.155. The first-order valence-corrected chi connectivity index (χ1v) is 9.48. The van der Waals surface area contributed by atoms with Crippen molar-refractivity contribution in [1.82, 2.24) is 0 Å². The van der Waals surface area contributed by atoms with Gasteiger partial charge >= 0.3 is 5.97 Å². The molecule has 7 heteroatoms. The molecule has 144 valence electrons. The van der Waals surface area contributed by atoms with Gasteiger partial charge in [0.15, 0.2) is 0 Å². The minimum atomic E-state index is -4.02. The van der Waals surface area contributed by atoms with Gasteiger partial charge in [-0.3, -0.25) is 9.35 Å². The molecule has 0 aliphatic heterocycles. The summed E-state index contributed by atoms with van der Waals surface area (Å²) in [5.41, 5.74) is 6.35. The minimum absolute atomic E-state index is 0.0586. The third kappa shape index (κ3) is 10.9. The van der Waals surface area contributed by atoms with Gasteiger partial charge in [-0.1, -0.05) is 38.5 Å². The number of ether oxygens (including phenoxy) is 1. The van der Waals surface area contributed by atoms with E-state index in [-0.39, 0.29) is 28.7 Å². The first-order chi connectivity index (χ1) is 11.0. The summed E-state index contributed by atoms with van der Waals surface area (Å²) in [5, 5.41) is 0. The van der Waals surface area contributed by atoms with Crippen molar-refractivity contribution in [1.29, 1.82) is 0 Å². The molecule has 0 saturated heterocycles. The Hall–Kier alpha value is -1.44.